The highest BCUT2D eigenvalue weighted by Gasteiger charge is 2.34. The average molecular weight is 261 g/mol. The molecule has 0 aliphatic rings. The summed E-state index contributed by atoms with van der Waals surface area (Å²) in [4.78, 5) is 3.13. The van der Waals surface area contributed by atoms with E-state index in [0.29, 0.717) is 12.2 Å². The van der Waals surface area contributed by atoms with Crippen LogP contribution in [0.2, 0.25) is 0 Å². The SMILES string of the molecule is CN=C(N/C=C/Cc1c(C)noc1C)C(F)(F)F. The molecular formula is C11H14F3N3O. The van der Waals surface area contributed by atoms with E-state index < -0.39 is 12.0 Å². The van der Waals surface area contributed by atoms with Crippen LogP contribution in [0.25, 0.3) is 0 Å². The van der Waals surface area contributed by atoms with Gasteiger partial charge in [-0.25, -0.2) is 0 Å². The summed E-state index contributed by atoms with van der Waals surface area (Å²) in [5.41, 5.74) is 1.60. The van der Waals surface area contributed by atoms with Gasteiger partial charge in [-0.2, -0.15) is 13.2 Å². The highest BCUT2D eigenvalue weighted by atomic mass is 19.4. The van der Waals surface area contributed by atoms with E-state index in [1.807, 2.05) is 0 Å². The van der Waals surface area contributed by atoms with Crippen LogP contribution in [0.3, 0.4) is 0 Å². The molecule has 0 amide bonds. The van der Waals surface area contributed by atoms with Crippen molar-refractivity contribution < 1.29 is 17.7 Å². The van der Waals surface area contributed by atoms with Crippen LogP contribution in [-0.2, 0) is 6.42 Å². The van der Waals surface area contributed by atoms with Gasteiger partial charge in [-0.05, 0) is 26.5 Å². The number of rotatable bonds is 3. The Bertz CT molecular complexity index is 441. The second-order valence-electron chi connectivity index (χ2n) is 3.62. The monoisotopic (exact) mass is 261 g/mol. The van der Waals surface area contributed by atoms with E-state index in [1.54, 1.807) is 19.9 Å². The van der Waals surface area contributed by atoms with Crippen molar-refractivity contribution in [2.75, 3.05) is 7.05 Å². The lowest BCUT2D eigenvalue weighted by molar-refractivity contribution is -0.0612. The first-order valence-corrected chi connectivity index (χ1v) is 5.23. The van der Waals surface area contributed by atoms with Gasteiger partial charge in [-0.15, -0.1) is 0 Å². The van der Waals surface area contributed by atoms with Crippen molar-refractivity contribution in [1.29, 1.82) is 0 Å². The Balaban J connectivity index is 2.58. The van der Waals surface area contributed by atoms with Crippen molar-refractivity contribution >= 4 is 5.84 Å². The molecule has 0 aliphatic heterocycles. The molecule has 0 spiro atoms. The molecule has 1 heterocycles. The number of aryl methyl sites for hydroxylation is 2. The lowest BCUT2D eigenvalue weighted by Gasteiger charge is -2.08. The van der Waals surface area contributed by atoms with E-state index in [2.05, 4.69) is 15.5 Å². The van der Waals surface area contributed by atoms with E-state index in [4.69, 9.17) is 4.52 Å². The number of allylic oxidation sites excluding steroid dienone is 1. The summed E-state index contributed by atoms with van der Waals surface area (Å²) in [5.74, 6) is -0.366. The zero-order valence-electron chi connectivity index (χ0n) is 10.3. The van der Waals surface area contributed by atoms with Crippen molar-refractivity contribution in [3.8, 4) is 0 Å². The Morgan fingerprint density at radius 1 is 1.44 bits per heavy atom. The molecule has 1 aromatic heterocycles. The fourth-order valence-electron chi connectivity index (χ4n) is 1.38. The van der Waals surface area contributed by atoms with Crippen LogP contribution in [0.15, 0.2) is 21.8 Å². The Kier molecular flexibility index (Phi) is 4.52. The van der Waals surface area contributed by atoms with Crippen molar-refractivity contribution in [2.24, 2.45) is 4.99 Å². The summed E-state index contributed by atoms with van der Waals surface area (Å²) in [6.45, 7) is 3.53. The minimum absolute atomic E-state index is 0.447. The molecule has 4 nitrogen and oxygen atoms in total. The minimum Gasteiger partial charge on any atom is -0.361 e. The summed E-state index contributed by atoms with van der Waals surface area (Å²) >= 11 is 0. The predicted octanol–water partition coefficient (Wildman–Crippen LogP) is 2.53. The number of nitrogens with one attached hydrogen (secondary N) is 1. The van der Waals surface area contributed by atoms with Gasteiger partial charge >= 0.3 is 6.18 Å². The molecule has 1 N–H and O–H groups in total. The molecule has 7 heteroatoms. The topological polar surface area (TPSA) is 50.4 Å². The smallest absolute Gasteiger partial charge is 0.361 e. The average Bonchev–Trinajstić information content (AvgIpc) is 2.58. The molecule has 1 rings (SSSR count). The molecule has 0 radical (unpaired) electrons. The Morgan fingerprint density at radius 3 is 2.56 bits per heavy atom. The molecule has 0 unspecified atom stereocenters. The van der Waals surface area contributed by atoms with Crippen molar-refractivity contribution in [3.63, 3.8) is 0 Å². The molecule has 0 aliphatic carbocycles. The first-order chi connectivity index (χ1) is 8.36. The van der Waals surface area contributed by atoms with Gasteiger partial charge in [0, 0.05) is 12.6 Å². The molecular weight excluding hydrogens is 247 g/mol. The maximum Gasteiger partial charge on any atom is 0.449 e. The Labute approximate surface area is 103 Å². The van der Waals surface area contributed by atoms with Crippen molar-refractivity contribution in [1.82, 2.24) is 10.5 Å². The maximum absolute atomic E-state index is 12.3. The van der Waals surface area contributed by atoms with Crippen LogP contribution in [0.1, 0.15) is 17.0 Å². The molecule has 0 atom stereocenters. The van der Waals surface area contributed by atoms with Crippen molar-refractivity contribution in [3.05, 3.63) is 29.3 Å². The number of halogens is 3. The summed E-state index contributed by atoms with van der Waals surface area (Å²) in [5, 5.41) is 5.86. The third kappa shape index (κ3) is 3.61. The number of alkyl halides is 3. The second kappa shape index (κ2) is 5.70. The quantitative estimate of drug-likeness (QED) is 0.672. The summed E-state index contributed by atoms with van der Waals surface area (Å²) in [7, 11) is 1.08. The fraction of sp³-hybridized carbons (Fsp3) is 0.455. The third-order valence-electron chi connectivity index (χ3n) is 2.33. The number of hydrogen-bond acceptors (Lipinski definition) is 3. The molecule has 1 aromatic rings. The predicted molar refractivity (Wildman–Crippen MR) is 61.4 cm³/mol. The van der Waals surface area contributed by atoms with Gasteiger partial charge in [0.05, 0.1) is 5.69 Å². The number of aromatic nitrogens is 1. The van der Waals surface area contributed by atoms with Crippen LogP contribution < -0.4 is 5.32 Å². The van der Waals surface area contributed by atoms with Gasteiger partial charge in [0.1, 0.15) is 5.76 Å². The van der Waals surface area contributed by atoms with Crippen LogP contribution in [0.4, 0.5) is 13.2 Å². The first-order valence-electron chi connectivity index (χ1n) is 5.23. The van der Waals surface area contributed by atoms with Gasteiger partial charge in [0.15, 0.2) is 0 Å². The lowest BCUT2D eigenvalue weighted by Crippen LogP contribution is -2.33. The lowest BCUT2D eigenvalue weighted by atomic mass is 10.1. The van der Waals surface area contributed by atoms with Gasteiger partial charge in [-0.1, -0.05) is 11.2 Å². The molecule has 0 bridgehead atoms. The maximum atomic E-state index is 12.3. The van der Waals surface area contributed by atoms with Crippen LogP contribution in [0.5, 0.6) is 0 Å². The van der Waals surface area contributed by atoms with E-state index in [0.717, 1.165) is 18.3 Å². The standard InChI is InChI=1S/C11H14F3N3O/c1-7-9(8(2)18-17-7)5-4-6-16-10(15-3)11(12,13)14/h4,6H,5H2,1-3H3,(H,15,16)/b6-4+. The number of nitrogens with zero attached hydrogens (tertiary/aromatic N) is 2. The molecule has 100 valence electrons. The van der Waals surface area contributed by atoms with E-state index in [9.17, 15) is 13.2 Å². The van der Waals surface area contributed by atoms with Gasteiger partial charge in [0.25, 0.3) is 0 Å². The number of hydrogen-bond donors (Lipinski definition) is 1. The largest absolute Gasteiger partial charge is 0.449 e. The van der Waals surface area contributed by atoms with Crippen LogP contribution in [0, 0.1) is 13.8 Å². The molecule has 18 heavy (non-hydrogen) atoms. The zero-order chi connectivity index (χ0) is 13.8. The van der Waals surface area contributed by atoms with E-state index in [1.165, 1.54) is 6.20 Å². The Morgan fingerprint density at radius 2 is 2.11 bits per heavy atom. The summed E-state index contributed by atoms with van der Waals surface area (Å²) < 4.78 is 41.8. The molecule has 0 fully saturated rings. The van der Waals surface area contributed by atoms with E-state index >= 15 is 0 Å². The molecule has 0 saturated carbocycles. The summed E-state index contributed by atoms with van der Waals surface area (Å²) in [6.07, 6.45) is -1.25. The molecule has 0 saturated heterocycles. The van der Waals surface area contributed by atoms with Crippen LogP contribution in [-0.4, -0.2) is 24.2 Å². The number of aliphatic imine (C=N–C) groups is 1. The Hall–Kier alpha value is -1.79. The zero-order valence-corrected chi connectivity index (χ0v) is 10.3. The van der Waals surface area contributed by atoms with Gasteiger partial charge in [0.2, 0.25) is 5.84 Å². The second-order valence-corrected chi connectivity index (χ2v) is 3.62. The van der Waals surface area contributed by atoms with E-state index in [-0.39, 0.29) is 0 Å². The van der Waals surface area contributed by atoms with Crippen molar-refractivity contribution in [2.45, 2.75) is 26.4 Å². The highest BCUT2D eigenvalue weighted by Crippen LogP contribution is 2.16. The highest BCUT2D eigenvalue weighted by molar-refractivity contribution is 5.88. The van der Waals surface area contributed by atoms with Gasteiger partial charge < -0.3 is 9.84 Å². The van der Waals surface area contributed by atoms with Gasteiger partial charge in [-0.3, -0.25) is 4.99 Å². The first kappa shape index (κ1) is 14.3. The third-order valence-corrected chi connectivity index (χ3v) is 2.33. The minimum atomic E-state index is -4.47. The fourth-order valence-corrected chi connectivity index (χ4v) is 1.38. The normalized spacial score (nSPS) is 13.3. The molecule has 0 aromatic carbocycles. The number of amidine groups is 1. The summed E-state index contributed by atoms with van der Waals surface area (Å²) in [6, 6.07) is 0. The van der Waals surface area contributed by atoms with Crippen LogP contribution >= 0.6 is 0 Å².